The van der Waals surface area contributed by atoms with Crippen LogP contribution in [0.25, 0.3) is 0 Å². The Kier molecular flexibility index (Phi) is 5.46. The molecule has 2 heterocycles. The summed E-state index contributed by atoms with van der Waals surface area (Å²) < 4.78 is 15.3. The van der Waals surface area contributed by atoms with Crippen molar-refractivity contribution in [3.05, 3.63) is 23.8 Å². The number of carbonyl (C=O) groups is 3. The van der Waals surface area contributed by atoms with Crippen molar-refractivity contribution in [3.63, 3.8) is 0 Å². The fourth-order valence-corrected chi connectivity index (χ4v) is 3.98. The lowest BCUT2D eigenvalue weighted by molar-refractivity contribution is -0.141. The summed E-state index contributed by atoms with van der Waals surface area (Å²) in [5.74, 6) is 0.120. The van der Waals surface area contributed by atoms with Crippen LogP contribution in [0.5, 0.6) is 11.5 Å². The van der Waals surface area contributed by atoms with Crippen LogP contribution < -0.4 is 14.8 Å². The summed E-state index contributed by atoms with van der Waals surface area (Å²) in [7, 11) is 6.29. The number of hydrogen-bond acceptors (Lipinski definition) is 7. The van der Waals surface area contributed by atoms with Crippen molar-refractivity contribution in [1.29, 1.82) is 0 Å². The second-order valence-corrected chi connectivity index (χ2v) is 7.08. The van der Waals surface area contributed by atoms with E-state index in [0.29, 0.717) is 24.6 Å². The number of esters is 1. The number of hydrogen-bond donors (Lipinski definition) is 1. The SMILES string of the molecule is COC(=O)CCN1C(=O)N[C@]2(CN(C)C[C@@H]2c2cc(OC)cc(OC)c2)C1=O. The molecule has 152 valence electrons. The lowest BCUT2D eigenvalue weighted by Gasteiger charge is -2.28. The summed E-state index contributed by atoms with van der Waals surface area (Å²) in [6.07, 6.45) is -0.0424. The molecule has 1 aromatic rings. The Morgan fingerprint density at radius 3 is 2.39 bits per heavy atom. The molecule has 2 atom stereocenters. The summed E-state index contributed by atoms with van der Waals surface area (Å²) in [6, 6.07) is 4.96. The molecule has 3 rings (SSSR count). The fraction of sp³-hybridized carbons (Fsp3) is 0.526. The van der Waals surface area contributed by atoms with Gasteiger partial charge in [0.05, 0.1) is 27.8 Å². The number of likely N-dealkylation sites (tertiary alicyclic amines) is 1. The van der Waals surface area contributed by atoms with Crippen LogP contribution in [0.4, 0.5) is 4.79 Å². The first-order chi connectivity index (χ1) is 13.3. The summed E-state index contributed by atoms with van der Waals surface area (Å²) >= 11 is 0. The minimum atomic E-state index is -1.10. The van der Waals surface area contributed by atoms with Gasteiger partial charge in [-0.2, -0.15) is 0 Å². The highest BCUT2D eigenvalue weighted by atomic mass is 16.5. The van der Waals surface area contributed by atoms with E-state index in [4.69, 9.17) is 9.47 Å². The molecule has 1 spiro atoms. The molecule has 0 saturated carbocycles. The molecule has 9 heteroatoms. The number of carbonyl (C=O) groups excluding carboxylic acids is 3. The number of benzene rings is 1. The van der Waals surface area contributed by atoms with Crippen LogP contribution >= 0.6 is 0 Å². The van der Waals surface area contributed by atoms with E-state index in [-0.39, 0.29) is 24.8 Å². The summed E-state index contributed by atoms with van der Waals surface area (Å²) in [4.78, 5) is 40.4. The van der Waals surface area contributed by atoms with Gasteiger partial charge in [0.1, 0.15) is 17.0 Å². The van der Waals surface area contributed by atoms with Gasteiger partial charge in [-0.05, 0) is 24.7 Å². The summed E-state index contributed by atoms with van der Waals surface area (Å²) in [5.41, 5.74) is -0.261. The standard InChI is InChI=1S/C19H25N3O6/c1-21-10-15(12-7-13(26-2)9-14(8-12)27-3)19(11-21)17(24)22(18(25)20-19)6-5-16(23)28-4/h7-9,15H,5-6,10-11H2,1-4H3,(H,20,25)/t15-,19+/m1/s1. The van der Waals surface area contributed by atoms with Crippen molar-refractivity contribution in [2.45, 2.75) is 17.9 Å². The van der Waals surface area contributed by atoms with Gasteiger partial charge in [-0.3, -0.25) is 14.5 Å². The largest absolute Gasteiger partial charge is 0.497 e. The number of ether oxygens (including phenoxy) is 3. The van der Waals surface area contributed by atoms with E-state index < -0.39 is 17.5 Å². The molecule has 0 bridgehead atoms. The molecule has 0 unspecified atom stereocenters. The minimum absolute atomic E-state index is 0.0169. The Hall–Kier alpha value is -2.81. The average Bonchev–Trinajstić information content (AvgIpc) is 3.15. The first-order valence-corrected chi connectivity index (χ1v) is 8.97. The Labute approximate surface area is 163 Å². The second-order valence-electron chi connectivity index (χ2n) is 7.08. The molecular weight excluding hydrogens is 366 g/mol. The average molecular weight is 391 g/mol. The lowest BCUT2D eigenvalue weighted by atomic mass is 9.81. The summed E-state index contributed by atoms with van der Waals surface area (Å²) in [6.45, 7) is 0.931. The van der Waals surface area contributed by atoms with E-state index >= 15 is 0 Å². The molecule has 0 radical (unpaired) electrons. The predicted molar refractivity (Wildman–Crippen MR) is 99.4 cm³/mol. The number of nitrogens with one attached hydrogen (secondary N) is 1. The smallest absolute Gasteiger partial charge is 0.325 e. The number of amides is 3. The molecule has 0 aliphatic carbocycles. The van der Waals surface area contributed by atoms with Crippen LogP contribution in [0.15, 0.2) is 18.2 Å². The number of urea groups is 1. The van der Waals surface area contributed by atoms with Gasteiger partial charge in [0.25, 0.3) is 5.91 Å². The Morgan fingerprint density at radius 2 is 1.82 bits per heavy atom. The molecule has 1 N–H and O–H groups in total. The molecule has 2 saturated heterocycles. The number of rotatable bonds is 6. The Morgan fingerprint density at radius 1 is 1.18 bits per heavy atom. The van der Waals surface area contributed by atoms with Gasteiger partial charge >= 0.3 is 12.0 Å². The van der Waals surface area contributed by atoms with Gasteiger partial charge in [0, 0.05) is 31.6 Å². The third kappa shape index (κ3) is 3.37. The van der Waals surface area contributed by atoms with Crippen molar-refractivity contribution >= 4 is 17.9 Å². The predicted octanol–water partition coefficient (Wildman–Crippen LogP) is 0.587. The third-order valence-corrected chi connectivity index (χ3v) is 5.35. The first-order valence-electron chi connectivity index (χ1n) is 8.97. The maximum absolute atomic E-state index is 13.3. The second kappa shape index (κ2) is 7.67. The van der Waals surface area contributed by atoms with E-state index in [1.807, 2.05) is 24.1 Å². The maximum atomic E-state index is 13.3. The van der Waals surface area contributed by atoms with Gasteiger partial charge in [0.15, 0.2) is 0 Å². The van der Waals surface area contributed by atoms with Crippen molar-refractivity contribution in [2.24, 2.45) is 0 Å². The van der Waals surface area contributed by atoms with Crippen molar-refractivity contribution in [1.82, 2.24) is 15.1 Å². The quantitative estimate of drug-likeness (QED) is 0.560. The Balaban J connectivity index is 1.94. The van der Waals surface area contributed by atoms with Gasteiger partial charge < -0.3 is 24.4 Å². The highest BCUT2D eigenvalue weighted by molar-refractivity contribution is 6.08. The highest BCUT2D eigenvalue weighted by Crippen LogP contribution is 2.41. The van der Waals surface area contributed by atoms with Crippen molar-refractivity contribution in [3.8, 4) is 11.5 Å². The van der Waals surface area contributed by atoms with Crippen LogP contribution in [0.2, 0.25) is 0 Å². The normalized spacial score (nSPS) is 24.6. The van der Waals surface area contributed by atoms with Gasteiger partial charge in [0.2, 0.25) is 0 Å². The molecule has 28 heavy (non-hydrogen) atoms. The zero-order chi connectivity index (χ0) is 20.5. The molecule has 2 aliphatic heterocycles. The van der Waals surface area contributed by atoms with Crippen molar-refractivity contribution in [2.75, 3.05) is 48.0 Å². The van der Waals surface area contributed by atoms with E-state index in [1.54, 1.807) is 20.3 Å². The van der Waals surface area contributed by atoms with E-state index in [1.165, 1.54) is 7.11 Å². The van der Waals surface area contributed by atoms with Gasteiger partial charge in [-0.25, -0.2) is 4.79 Å². The maximum Gasteiger partial charge on any atom is 0.325 e. The van der Waals surface area contributed by atoms with E-state index in [9.17, 15) is 14.4 Å². The van der Waals surface area contributed by atoms with Crippen LogP contribution in [-0.4, -0.2) is 81.3 Å². The van der Waals surface area contributed by atoms with Gasteiger partial charge in [-0.1, -0.05) is 0 Å². The van der Waals surface area contributed by atoms with E-state index in [0.717, 1.165) is 10.5 Å². The van der Waals surface area contributed by atoms with Crippen LogP contribution in [0.3, 0.4) is 0 Å². The summed E-state index contributed by atoms with van der Waals surface area (Å²) in [5, 5.41) is 2.89. The number of imide groups is 1. The topological polar surface area (TPSA) is 97.4 Å². The fourth-order valence-electron chi connectivity index (χ4n) is 3.98. The molecule has 0 aromatic heterocycles. The third-order valence-electron chi connectivity index (χ3n) is 5.35. The molecule has 1 aromatic carbocycles. The molecular formula is C19H25N3O6. The Bertz CT molecular complexity index is 776. The van der Waals surface area contributed by atoms with Crippen LogP contribution in [-0.2, 0) is 14.3 Å². The highest BCUT2D eigenvalue weighted by Gasteiger charge is 2.59. The molecule has 2 aliphatic rings. The zero-order valence-electron chi connectivity index (χ0n) is 16.5. The molecule has 2 fully saturated rings. The van der Waals surface area contributed by atoms with Crippen LogP contribution in [0.1, 0.15) is 17.9 Å². The first kappa shape index (κ1) is 19.9. The molecule has 3 amide bonds. The van der Waals surface area contributed by atoms with Crippen LogP contribution in [0, 0.1) is 0 Å². The number of likely N-dealkylation sites (N-methyl/N-ethyl adjacent to an activating group) is 1. The van der Waals surface area contributed by atoms with Crippen molar-refractivity contribution < 1.29 is 28.6 Å². The monoisotopic (exact) mass is 391 g/mol. The molecule has 9 nitrogen and oxygen atoms in total. The van der Waals surface area contributed by atoms with Gasteiger partial charge in [-0.15, -0.1) is 0 Å². The minimum Gasteiger partial charge on any atom is -0.497 e. The number of methoxy groups -OCH3 is 3. The van der Waals surface area contributed by atoms with E-state index in [2.05, 4.69) is 10.1 Å². The lowest BCUT2D eigenvalue weighted by Crippen LogP contribution is -2.52. The zero-order valence-corrected chi connectivity index (χ0v) is 16.5. The number of nitrogens with zero attached hydrogens (tertiary/aromatic N) is 2.